The van der Waals surface area contributed by atoms with E-state index < -0.39 is 0 Å². The Hall–Kier alpha value is -2.53. The van der Waals surface area contributed by atoms with Crippen LogP contribution in [0.1, 0.15) is 11.1 Å². The maximum absolute atomic E-state index is 12.3. The maximum Gasteiger partial charge on any atom is 0.315 e. The summed E-state index contributed by atoms with van der Waals surface area (Å²) in [4.78, 5) is 14.3. The molecule has 1 atom stereocenters. The number of nitrogens with one attached hydrogen (secondary N) is 2. The zero-order chi connectivity index (χ0) is 18.8. The number of nitrogens with zero attached hydrogens (tertiary/aromatic N) is 1. The summed E-state index contributed by atoms with van der Waals surface area (Å²) < 4.78 is 5.15. The highest BCUT2D eigenvalue weighted by atomic mass is 16.5. The van der Waals surface area contributed by atoms with E-state index in [2.05, 4.69) is 27.7 Å². The summed E-state index contributed by atoms with van der Waals surface area (Å²) in [5.74, 6) is 0.840. The Bertz CT molecular complexity index is 657. The van der Waals surface area contributed by atoms with Crippen molar-refractivity contribution in [1.82, 2.24) is 15.5 Å². The zero-order valence-corrected chi connectivity index (χ0v) is 15.9. The largest absolute Gasteiger partial charge is 0.497 e. The van der Waals surface area contributed by atoms with E-state index in [0.29, 0.717) is 6.54 Å². The molecule has 0 fully saturated rings. The Morgan fingerprint density at radius 1 is 1.04 bits per heavy atom. The van der Waals surface area contributed by atoms with Crippen LogP contribution in [0.3, 0.4) is 0 Å². The standard InChI is InChI=1S/C21H29N3O2/c1-24(2)16-19(15-18-7-5-4-6-8-18)23-21(25)22-14-13-17-9-11-20(26-3)12-10-17/h4-12,19H,13-16H2,1-3H3,(H2,22,23,25). The van der Waals surface area contributed by atoms with Crippen molar-refractivity contribution in [3.8, 4) is 5.75 Å². The number of urea groups is 1. The molecule has 26 heavy (non-hydrogen) atoms. The molecule has 140 valence electrons. The van der Waals surface area contributed by atoms with Gasteiger partial charge in [0.25, 0.3) is 0 Å². The molecule has 0 saturated heterocycles. The lowest BCUT2D eigenvalue weighted by Gasteiger charge is -2.22. The number of carbonyl (C=O) groups is 1. The third-order valence-electron chi connectivity index (χ3n) is 4.10. The third kappa shape index (κ3) is 7.15. The van der Waals surface area contributed by atoms with Gasteiger partial charge in [0.2, 0.25) is 0 Å². The molecule has 0 spiro atoms. The number of hydrogen-bond donors (Lipinski definition) is 2. The minimum absolute atomic E-state index is 0.0633. The van der Waals surface area contributed by atoms with Gasteiger partial charge in [0.1, 0.15) is 5.75 Å². The van der Waals surface area contributed by atoms with Crippen molar-refractivity contribution < 1.29 is 9.53 Å². The lowest BCUT2D eigenvalue weighted by molar-refractivity contribution is 0.232. The smallest absolute Gasteiger partial charge is 0.315 e. The van der Waals surface area contributed by atoms with Crippen LogP contribution in [0.15, 0.2) is 54.6 Å². The number of carbonyl (C=O) groups excluding carboxylic acids is 1. The summed E-state index contributed by atoms with van der Waals surface area (Å²) in [7, 11) is 5.68. The van der Waals surface area contributed by atoms with E-state index >= 15 is 0 Å². The summed E-state index contributed by atoms with van der Waals surface area (Å²) in [6.45, 7) is 1.39. The van der Waals surface area contributed by atoms with E-state index in [1.165, 1.54) is 11.1 Å². The predicted molar refractivity (Wildman–Crippen MR) is 106 cm³/mol. The normalized spacial score (nSPS) is 11.8. The van der Waals surface area contributed by atoms with Gasteiger partial charge in [-0.3, -0.25) is 0 Å². The Labute approximate surface area is 156 Å². The lowest BCUT2D eigenvalue weighted by atomic mass is 10.1. The first-order chi connectivity index (χ1) is 12.6. The van der Waals surface area contributed by atoms with Gasteiger partial charge in [-0.05, 0) is 50.2 Å². The van der Waals surface area contributed by atoms with Crippen LogP contribution in [-0.2, 0) is 12.8 Å². The number of methoxy groups -OCH3 is 1. The van der Waals surface area contributed by atoms with E-state index in [1.807, 2.05) is 56.6 Å². The second-order valence-electron chi connectivity index (χ2n) is 6.65. The van der Waals surface area contributed by atoms with E-state index in [0.717, 1.165) is 25.1 Å². The molecule has 2 aromatic carbocycles. The molecule has 2 N–H and O–H groups in total. The maximum atomic E-state index is 12.3. The Kier molecular flexibility index (Phi) is 7.96. The van der Waals surface area contributed by atoms with Gasteiger partial charge >= 0.3 is 6.03 Å². The number of likely N-dealkylation sites (N-methyl/N-ethyl adjacent to an activating group) is 1. The molecule has 1 unspecified atom stereocenters. The second kappa shape index (κ2) is 10.5. The topological polar surface area (TPSA) is 53.6 Å². The number of amides is 2. The molecule has 0 aliphatic carbocycles. The summed E-state index contributed by atoms with van der Waals surface area (Å²) in [6, 6.07) is 18.1. The molecule has 0 aliphatic heterocycles. The van der Waals surface area contributed by atoms with Gasteiger partial charge in [-0.1, -0.05) is 42.5 Å². The SMILES string of the molecule is COc1ccc(CCNC(=O)NC(Cc2ccccc2)CN(C)C)cc1. The highest BCUT2D eigenvalue weighted by molar-refractivity contribution is 5.74. The van der Waals surface area contributed by atoms with Gasteiger partial charge in [-0.25, -0.2) is 4.79 Å². The Morgan fingerprint density at radius 2 is 1.73 bits per heavy atom. The van der Waals surface area contributed by atoms with Crippen molar-refractivity contribution in [3.63, 3.8) is 0 Å². The minimum Gasteiger partial charge on any atom is -0.497 e. The molecule has 2 rings (SSSR count). The fourth-order valence-electron chi connectivity index (χ4n) is 2.85. The molecule has 0 radical (unpaired) electrons. The molecule has 0 saturated carbocycles. The van der Waals surface area contributed by atoms with Gasteiger partial charge in [0.15, 0.2) is 0 Å². The van der Waals surface area contributed by atoms with Crippen LogP contribution in [0, 0.1) is 0 Å². The first kappa shape index (κ1) is 19.8. The van der Waals surface area contributed by atoms with Crippen molar-refractivity contribution in [2.75, 3.05) is 34.3 Å². The zero-order valence-electron chi connectivity index (χ0n) is 15.9. The van der Waals surface area contributed by atoms with Crippen molar-refractivity contribution in [1.29, 1.82) is 0 Å². The van der Waals surface area contributed by atoms with E-state index in [1.54, 1.807) is 7.11 Å². The molecular weight excluding hydrogens is 326 g/mol. The van der Waals surface area contributed by atoms with Crippen LogP contribution in [-0.4, -0.2) is 51.3 Å². The van der Waals surface area contributed by atoms with E-state index in [-0.39, 0.29) is 12.1 Å². The Balaban J connectivity index is 1.80. The molecule has 0 aliphatic rings. The van der Waals surface area contributed by atoms with Crippen molar-refractivity contribution in [3.05, 3.63) is 65.7 Å². The summed E-state index contributed by atoms with van der Waals surface area (Å²) in [5, 5.41) is 6.04. The van der Waals surface area contributed by atoms with Gasteiger partial charge in [0, 0.05) is 19.1 Å². The number of ether oxygens (including phenoxy) is 1. The highest BCUT2D eigenvalue weighted by Gasteiger charge is 2.13. The van der Waals surface area contributed by atoms with Crippen LogP contribution in [0.25, 0.3) is 0 Å². The fourth-order valence-corrected chi connectivity index (χ4v) is 2.85. The summed E-state index contributed by atoms with van der Waals surface area (Å²) >= 11 is 0. The molecule has 0 heterocycles. The second-order valence-corrected chi connectivity index (χ2v) is 6.65. The molecular formula is C21H29N3O2. The van der Waals surface area contributed by atoms with Gasteiger partial charge in [-0.15, -0.1) is 0 Å². The van der Waals surface area contributed by atoms with Crippen LogP contribution < -0.4 is 15.4 Å². The summed E-state index contributed by atoms with van der Waals surface area (Å²) in [5.41, 5.74) is 2.39. The average molecular weight is 355 g/mol. The quantitative estimate of drug-likeness (QED) is 0.727. The first-order valence-corrected chi connectivity index (χ1v) is 8.93. The third-order valence-corrected chi connectivity index (χ3v) is 4.10. The molecule has 5 heteroatoms. The van der Waals surface area contributed by atoms with Crippen LogP contribution in [0.5, 0.6) is 5.75 Å². The predicted octanol–water partition coefficient (Wildman–Crippen LogP) is 2.71. The molecule has 0 bridgehead atoms. The van der Waals surface area contributed by atoms with Gasteiger partial charge in [0.05, 0.1) is 7.11 Å². The average Bonchev–Trinajstić information content (AvgIpc) is 2.62. The van der Waals surface area contributed by atoms with Crippen molar-refractivity contribution in [2.45, 2.75) is 18.9 Å². The van der Waals surface area contributed by atoms with Crippen LogP contribution in [0.2, 0.25) is 0 Å². The van der Waals surface area contributed by atoms with Crippen LogP contribution >= 0.6 is 0 Å². The molecule has 2 amide bonds. The number of rotatable bonds is 9. The van der Waals surface area contributed by atoms with E-state index in [4.69, 9.17) is 4.74 Å². The molecule has 0 aromatic heterocycles. The first-order valence-electron chi connectivity index (χ1n) is 8.93. The van der Waals surface area contributed by atoms with Crippen molar-refractivity contribution in [2.24, 2.45) is 0 Å². The number of benzene rings is 2. The molecule has 5 nitrogen and oxygen atoms in total. The number of hydrogen-bond acceptors (Lipinski definition) is 3. The summed E-state index contributed by atoms with van der Waals surface area (Å²) in [6.07, 6.45) is 1.60. The Morgan fingerprint density at radius 3 is 2.35 bits per heavy atom. The van der Waals surface area contributed by atoms with Crippen molar-refractivity contribution >= 4 is 6.03 Å². The minimum atomic E-state index is -0.124. The van der Waals surface area contributed by atoms with Crippen LogP contribution in [0.4, 0.5) is 4.79 Å². The lowest BCUT2D eigenvalue weighted by Crippen LogP contribution is -2.47. The monoisotopic (exact) mass is 355 g/mol. The molecule has 2 aromatic rings. The fraction of sp³-hybridized carbons (Fsp3) is 0.381. The van der Waals surface area contributed by atoms with E-state index in [9.17, 15) is 4.79 Å². The highest BCUT2D eigenvalue weighted by Crippen LogP contribution is 2.11. The van der Waals surface area contributed by atoms with Gasteiger partial charge in [-0.2, -0.15) is 0 Å². The van der Waals surface area contributed by atoms with Gasteiger partial charge < -0.3 is 20.3 Å².